The fourth-order valence-corrected chi connectivity index (χ4v) is 4.75. The molecule has 1 aliphatic heterocycles. The summed E-state index contributed by atoms with van der Waals surface area (Å²) < 4.78 is 5.51. The van der Waals surface area contributed by atoms with Crippen molar-refractivity contribution in [1.29, 1.82) is 0 Å². The van der Waals surface area contributed by atoms with Crippen LogP contribution in [-0.4, -0.2) is 53.7 Å². The van der Waals surface area contributed by atoms with Crippen LogP contribution in [0, 0.1) is 11.3 Å². The molecule has 2 N–H and O–H groups in total. The highest BCUT2D eigenvalue weighted by Gasteiger charge is 2.48. The van der Waals surface area contributed by atoms with Gasteiger partial charge < -0.3 is 20.1 Å². The Morgan fingerprint density at radius 2 is 1.69 bits per heavy atom. The molecule has 2 aliphatic rings. The maximum absolute atomic E-state index is 12.8. The van der Waals surface area contributed by atoms with Gasteiger partial charge in [0.05, 0.1) is 5.41 Å². The van der Waals surface area contributed by atoms with Crippen molar-refractivity contribution in [2.24, 2.45) is 11.3 Å². The van der Waals surface area contributed by atoms with Crippen LogP contribution >= 0.6 is 0 Å². The number of hydrogen-bond donors (Lipinski definition) is 2. The monoisotopic (exact) mass is 436 g/mol. The summed E-state index contributed by atoms with van der Waals surface area (Å²) in [5.41, 5.74) is 3.53. The number of carbonyl (C=O) groups excluding carboxylic acids is 2. The molecule has 2 aromatic rings. The van der Waals surface area contributed by atoms with E-state index in [9.17, 15) is 19.5 Å². The molecule has 1 unspecified atom stereocenters. The lowest BCUT2D eigenvalue weighted by Crippen LogP contribution is -2.47. The second-order valence-corrected chi connectivity index (χ2v) is 9.03. The molecule has 4 rings (SSSR count). The van der Waals surface area contributed by atoms with Crippen LogP contribution in [0.2, 0.25) is 0 Å². The molecule has 1 heterocycles. The zero-order chi connectivity index (χ0) is 23.0. The van der Waals surface area contributed by atoms with Crippen LogP contribution in [0.5, 0.6) is 0 Å². The van der Waals surface area contributed by atoms with Gasteiger partial charge in [0.1, 0.15) is 12.6 Å². The Morgan fingerprint density at radius 1 is 1.12 bits per heavy atom. The van der Waals surface area contributed by atoms with Crippen LogP contribution < -0.4 is 5.32 Å². The van der Waals surface area contributed by atoms with E-state index in [-0.39, 0.29) is 30.9 Å². The number of alkyl carbamates (subject to hydrolysis) is 1. The lowest BCUT2D eigenvalue weighted by molar-refractivity contribution is -0.149. The molecule has 0 radical (unpaired) electrons. The summed E-state index contributed by atoms with van der Waals surface area (Å²) in [5.74, 6) is -1.46. The van der Waals surface area contributed by atoms with Gasteiger partial charge in [-0.15, -0.1) is 0 Å². The average Bonchev–Trinajstić information content (AvgIpc) is 3.27. The number of benzene rings is 2. The number of hydrogen-bond acceptors (Lipinski definition) is 4. The van der Waals surface area contributed by atoms with E-state index in [1.54, 1.807) is 13.8 Å². The molecule has 1 saturated heterocycles. The van der Waals surface area contributed by atoms with Gasteiger partial charge in [0.25, 0.3) is 0 Å². The first-order chi connectivity index (χ1) is 15.2. The Bertz CT molecular complexity index is 1020. The normalized spacial score (nSPS) is 22.7. The minimum absolute atomic E-state index is 0.0603. The molecular weight excluding hydrogens is 408 g/mol. The van der Waals surface area contributed by atoms with Gasteiger partial charge in [-0.1, -0.05) is 55.5 Å². The number of carboxylic acid groups (broad SMARTS) is 1. The van der Waals surface area contributed by atoms with E-state index in [0.717, 1.165) is 22.3 Å². The van der Waals surface area contributed by atoms with Crippen molar-refractivity contribution in [1.82, 2.24) is 10.2 Å². The molecule has 2 amide bonds. The number of likely N-dealkylation sites (tertiary alicyclic amines) is 1. The molecule has 0 spiro atoms. The number of nitrogens with one attached hydrogen (secondary N) is 1. The van der Waals surface area contributed by atoms with Crippen LogP contribution in [0.1, 0.15) is 37.8 Å². The SMILES string of the molecule is CC(NC(=O)OCC1c2ccccc2-c2ccccc21)C(=O)N1C[C@@H](C)[C@](C)(C(=O)O)C1. The number of carboxylic acids is 1. The predicted molar refractivity (Wildman–Crippen MR) is 119 cm³/mol. The summed E-state index contributed by atoms with van der Waals surface area (Å²) in [7, 11) is 0. The summed E-state index contributed by atoms with van der Waals surface area (Å²) in [6, 6.07) is 15.3. The maximum Gasteiger partial charge on any atom is 0.407 e. The van der Waals surface area contributed by atoms with Crippen molar-refractivity contribution in [2.75, 3.05) is 19.7 Å². The van der Waals surface area contributed by atoms with Gasteiger partial charge in [0, 0.05) is 19.0 Å². The highest BCUT2D eigenvalue weighted by molar-refractivity contribution is 5.87. The number of fused-ring (bicyclic) bond motifs is 3. The van der Waals surface area contributed by atoms with Crippen molar-refractivity contribution in [3.05, 3.63) is 59.7 Å². The largest absolute Gasteiger partial charge is 0.481 e. The van der Waals surface area contributed by atoms with Crippen LogP contribution in [0.15, 0.2) is 48.5 Å². The fourth-order valence-electron chi connectivity index (χ4n) is 4.75. The van der Waals surface area contributed by atoms with Gasteiger partial charge in [-0.25, -0.2) is 4.79 Å². The second kappa shape index (κ2) is 8.30. The highest BCUT2D eigenvalue weighted by atomic mass is 16.5. The topological polar surface area (TPSA) is 95.9 Å². The molecule has 0 bridgehead atoms. The fraction of sp³-hybridized carbons (Fsp3) is 0.400. The Labute approximate surface area is 187 Å². The van der Waals surface area contributed by atoms with E-state index in [4.69, 9.17) is 4.74 Å². The van der Waals surface area contributed by atoms with Gasteiger partial charge >= 0.3 is 12.1 Å². The molecular formula is C25H28N2O5. The van der Waals surface area contributed by atoms with E-state index >= 15 is 0 Å². The van der Waals surface area contributed by atoms with Gasteiger partial charge in [0.15, 0.2) is 0 Å². The van der Waals surface area contributed by atoms with Crippen molar-refractivity contribution in [2.45, 2.75) is 32.7 Å². The minimum atomic E-state index is -0.987. The smallest absolute Gasteiger partial charge is 0.407 e. The lowest BCUT2D eigenvalue weighted by atomic mass is 9.81. The molecule has 2 aromatic carbocycles. The van der Waals surface area contributed by atoms with Crippen LogP contribution in [0.25, 0.3) is 11.1 Å². The number of rotatable bonds is 5. The second-order valence-electron chi connectivity index (χ2n) is 9.03. The van der Waals surface area contributed by atoms with Gasteiger partial charge in [-0.3, -0.25) is 9.59 Å². The third-order valence-electron chi connectivity index (χ3n) is 6.95. The molecule has 3 atom stereocenters. The number of amides is 2. The van der Waals surface area contributed by atoms with Crippen molar-refractivity contribution in [3.8, 4) is 11.1 Å². The van der Waals surface area contributed by atoms with E-state index in [2.05, 4.69) is 17.4 Å². The summed E-state index contributed by atoms with van der Waals surface area (Å²) in [5, 5.41) is 12.1. The third-order valence-corrected chi connectivity index (χ3v) is 6.95. The number of nitrogens with zero attached hydrogens (tertiary/aromatic N) is 1. The number of carbonyl (C=O) groups is 3. The van der Waals surface area contributed by atoms with E-state index in [0.29, 0.717) is 6.54 Å². The minimum Gasteiger partial charge on any atom is -0.481 e. The van der Waals surface area contributed by atoms with Crippen molar-refractivity contribution >= 4 is 18.0 Å². The Balaban J connectivity index is 1.37. The Hall–Kier alpha value is -3.35. The number of ether oxygens (including phenoxy) is 1. The van der Waals surface area contributed by atoms with Crippen LogP contribution in [-0.2, 0) is 14.3 Å². The summed E-state index contributed by atoms with van der Waals surface area (Å²) in [6.45, 7) is 5.70. The molecule has 0 saturated carbocycles. The first-order valence-electron chi connectivity index (χ1n) is 10.9. The van der Waals surface area contributed by atoms with Crippen LogP contribution in [0.3, 0.4) is 0 Å². The van der Waals surface area contributed by atoms with Crippen molar-refractivity contribution in [3.63, 3.8) is 0 Å². The molecule has 1 aliphatic carbocycles. The quantitative estimate of drug-likeness (QED) is 0.748. The van der Waals surface area contributed by atoms with Gasteiger partial charge in [0.2, 0.25) is 5.91 Å². The molecule has 168 valence electrons. The summed E-state index contributed by atoms with van der Waals surface area (Å²) in [4.78, 5) is 38.4. The third kappa shape index (κ3) is 3.72. The summed E-state index contributed by atoms with van der Waals surface area (Å²) in [6.07, 6.45) is -0.666. The highest BCUT2D eigenvalue weighted by Crippen LogP contribution is 2.44. The van der Waals surface area contributed by atoms with Gasteiger partial charge in [-0.05, 0) is 42.0 Å². The zero-order valence-corrected chi connectivity index (χ0v) is 18.5. The molecule has 0 aromatic heterocycles. The van der Waals surface area contributed by atoms with E-state index < -0.39 is 23.5 Å². The zero-order valence-electron chi connectivity index (χ0n) is 18.5. The standard InChI is InChI=1S/C25H28N2O5/c1-15-12-27(14-25(15,3)23(29)30)22(28)16(2)26-24(31)32-13-21-19-10-6-4-8-17(19)18-9-5-7-11-20(18)21/h4-11,15-16,21H,12-14H2,1-3H3,(H,26,31)(H,29,30)/t15-,16?,25-/m1/s1. The van der Waals surface area contributed by atoms with Gasteiger partial charge in [-0.2, -0.15) is 0 Å². The van der Waals surface area contributed by atoms with Crippen molar-refractivity contribution < 1.29 is 24.2 Å². The maximum atomic E-state index is 12.8. The number of aliphatic carboxylic acids is 1. The van der Waals surface area contributed by atoms with E-state index in [1.165, 1.54) is 4.90 Å². The molecule has 32 heavy (non-hydrogen) atoms. The first kappa shape index (κ1) is 21.9. The lowest BCUT2D eigenvalue weighted by Gasteiger charge is -2.24. The van der Waals surface area contributed by atoms with Crippen LogP contribution in [0.4, 0.5) is 4.79 Å². The summed E-state index contributed by atoms with van der Waals surface area (Å²) >= 11 is 0. The van der Waals surface area contributed by atoms with E-state index in [1.807, 2.05) is 43.3 Å². The Kier molecular flexibility index (Phi) is 5.67. The molecule has 7 heteroatoms. The molecule has 1 fully saturated rings. The predicted octanol–water partition coefficient (Wildman–Crippen LogP) is 3.48. The Morgan fingerprint density at radius 3 is 2.22 bits per heavy atom. The molecule has 7 nitrogen and oxygen atoms in total. The average molecular weight is 437 g/mol. The first-order valence-corrected chi connectivity index (χ1v) is 10.9.